The van der Waals surface area contributed by atoms with Crippen LogP contribution in [0.3, 0.4) is 0 Å². The first-order chi connectivity index (χ1) is 8.74. The highest BCUT2D eigenvalue weighted by molar-refractivity contribution is 6.06. The summed E-state index contributed by atoms with van der Waals surface area (Å²) in [7, 11) is 0. The van der Waals surface area contributed by atoms with E-state index >= 15 is 0 Å². The molecular weight excluding hydrogens is 232 g/mol. The van der Waals surface area contributed by atoms with Gasteiger partial charge in [0.1, 0.15) is 0 Å². The first kappa shape index (κ1) is 11.9. The Morgan fingerprint density at radius 1 is 1.17 bits per heavy atom. The number of likely N-dealkylation sites (tertiary alicyclic amines) is 1. The lowest BCUT2D eigenvalue weighted by Crippen LogP contribution is -2.38. The van der Waals surface area contributed by atoms with Gasteiger partial charge in [0.25, 0.3) is 0 Å². The van der Waals surface area contributed by atoms with E-state index in [1.54, 1.807) is 0 Å². The number of nitrogens with one attached hydrogen (secondary N) is 1. The first-order valence-corrected chi connectivity index (χ1v) is 6.59. The summed E-state index contributed by atoms with van der Waals surface area (Å²) in [6.07, 6.45) is 5.18. The molecule has 5 heteroatoms. The number of rotatable bonds is 5. The summed E-state index contributed by atoms with van der Waals surface area (Å²) in [6, 6.07) is 0. The number of allylic oxidation sites excluding steroid dienone is 2. The van der Waals surface area contributed by atoms with Crippen LogP contribution in [0.5, 0.6) is 0 Å². The zero-order valence-corrected chi connectivity index (χ0v) is 10.2. The van der Waals surface area contributed by atoms with Crippen LogP contribution in [0.15, 0.2) is 12.2 Å². The number of carbonyl (C=O) groups is 2. The summed E-state index contributed by atoms with van der Waals surface area (Å²) in [5.74, 6) is 0.398. The highest BCUT2D eigenvalue weighted by atomic mass is 16.3. The second-order valence-corrected chi connectivity index (χ2v) is 5.30. The van der Waals surface area contributed by atoms with E-state index in [1.807, 2.05) is 0 Å². The molecule has 2 fully saturated rings. The molecule has 3 rings (SSSR count). The van der Waals surface area contributed by atoms with E-state index in [0.717, 1.165) is 6.42 Å². The fraction of sp³-hybridized carbons (Fsp3) is 0.692. The van der Waals surface area contributed by atoms with Crippen LogP contribution in [-0.4, -0.2) is 48.1 Å². The van der Waals surface area contributed by atoms with E-state index in [1.165, 1.54) is 4.90 Å². The van der Waals surface area contributed by atoms with E-state index < -0.39 is 0 Å². The van der Waals surface area contributed by atoms with Crippen molar-refractivity contribution < 1.29 is 14.7 Å². The molecule has 1 saturated heterocycles. The van der Waals surface area contributed by atoms with E-state index in [4.69, 9.17) is 5.11 Å². The Labute approximate surface area is 106 Å². The lowest BCUT2D eigenvalue weighted by atomic mass is 9.85. The number of nitrogens with zero attached hydrogens (tertiary/aromatic N) is 1. The van der Waals surface area contributed by atoms with Crippen molar-refractivity contribution in [3.05, 3.63) is 12.2 Å². The molecule has 2 N–H and O–H groups in total. The Morgan fingerprint density at radius 2 is 1.78 bits per heavy atom. The van der Waals surface area contributed by atoms with Gasteiger partial charge in [-0.15, -0.1) is 0 Å². The SMILES string of the molecule is O=C1[C@@H]2[C@@H](C(=O)N1CCNCCO)[C@H]1C=C[C@H]2C1. The Bertz CT molecular complexity index is 377. The van der Waals surface area contributed by atoms with Crippen LogP contribution in [0.25, 0.3) is 0 Å². The molecule has 2 aliphatic carbocycles. The van der Waals surface area contributed by atoms with Gasteiger partial charge < -0.3 is 10.4 Å². The van der Waals surface area contributed by atoms with Crippen LogP contribution < -0.4 is 5.32 Å². The van der Waals surface area contributed by atoms with Crippen LogP contribution in [0, 0.1) is 23.7 Å². The van der Waals surface area contributed by atoms with Gasteiger partial charge in [-0.25, -0.2) is 0 Å². The Hall–Kier alpha value is -1.20. The highest BCUT2D eigenvalue weighted by Gasteiger charge is 2.58. The Balaban J connectivity index is 1.65. The second-order valence-electron chi connectivity index (χ2n) is 5.30. The molecule has 1 saturated carbocycles. The van der Waals surface area contributed by atoms with Crippen molar-refractivity contribution in [2.45, 2.75) is 6.42 Å². The predicted octanol–water partition coefficient (Wildman–Crippen LogP) is -0.625. The molecule has 5 nitrogen and oxygen atoms in total. The lowest BCUT2D eigenvalue weighted by Gasteiger charge is -2.17. The number of imide groups is 1. The van der Waals surface area contributed by atoms with E-state index in [2.05, 4.69) is 17.5 Å². The van der Waals surface area contributed by atoms with Crippen molar-refractivity contribution in [3.63, 3.8) is 0 Å². The molecule has 0 spiro atoms. The van der Waals surface area contributed by atoms with E-state index in [9.17, 15) is 9.59 Å². The number of amides is 2. The van der Waals surface area contributed by atoms with E-state index in [-0.39, 0.29) is 42.1 Å². The minimum Gasteiger partial charge on any atom is -0.395 e. The molecule has 3 aliphatic rings. The van der Waals surface area contributed by atoms with Gasteiger partial charge in [0.05, 0.1) is 18.4 Å². The van der Waals surface area contributed by atoms with Crippen LogP contribution in [-0.2, 0) is 9.59 Å². The Morgan fingerprint density at radius 3 is 2.33 bits per heavy atom. The third-order valence-corrected chi connectivity index (χ3v) is 4.36. The molecular formula is C13H18N2O3. The summed E-state index contributed by atoms with van der Waals surface area (Å²) in [4.78, 5) is 25.9. The van der Waals surface area contributed by atoms with Crippen molar-refractivity contribution >= 4 is 11.8 Å². The fourth-order valence-corrected chi connectivity index (χ4v) is 3.58. The summed E-state index contributed by atoms with van der Waals surface area (Å²) in [5.41, 5.74) is 0. The lowest BCUT2D eigenvalue weighted by molar-refractivity contribution is -0.140. The molecule has 4 atom stereocenters. The van der Waals surface area contributed by atoms with Gasteiger partial charge in [-0.2, -0.15) is 0 Å². The molecule has 2 amide bonds. The quantitative estimate of drug-likeness (QED) is 0.387. The van der Waals surface area contributed by atoms with Crippen LogP contribution in [0.2, 0.25) is 0 Å². The molecule has 1 aliphatic heterocycles. The van der Waals surface area contributed by atoms with E-state index in [0.29, 0.717) is 19.6 Å². The molecule has 98 valence electrons. The minimum atomic E-state index is -0.0923. The van der Waals surface area contributed by atoms with Crippen molar-refractivity contribution in [1.29, 1.82) is 0 Å². The summed E-state index contributed by atoms with van der Waals surface area (Å²) < 4.78 is 0. The topological polar surface area (TPSA) is 69.6 Å². The molecule has 0 aromatic heterocycles. The number of aliphatic hydroxyl groups excluding tert-OH is 1. The maximum absolute atomic E-state index is 12.2. The third-order valence-electron chi connectivity index (χ3n) is 4.36. The van der Waals surface area contributed by atoms with Crippen molar-refractivity contribution in [2.75, 3.05) is 26.2 Å². The predicted molar refractivity (Wildman–Crippen MR) is 64.4 cm³/mol. The van der Waals surface area contributed by atoms with Crippen molar-refractivity contribution in [3.8, 4) is 0 Å². The molecule has 0 unspecified atom stereocenters. The highest BCUT2D eigenvalue weighted by Crippen LogP contribution is 2.52. The normalized spacial score (nSPS) is 36.8. The maximum atomic E-state index is 12.2. The molecule has 1 heterocycles. The van der Waals surface area contributed by atoms with Gasteiger partial charge in [0, 0.05) is 19.6 Å². The van der Waals surface area contributed by atoms with Gasteiger partial charge in [-0.1, -0.05) is 12.2 Å². The number of carbonyl (C=O) groups excluding carboxylic acids is 2. The zero-order valence-electron chi connectivity index (χ0n) is 10.2. The van der Waals surface area contributed by atoms with Gasteiger partial charge in [-0.05, 0) is 18.3 Å². The van der Waals surface area contributed by atoms with Crippen molar-refractivity contribution in [2.24, 2.45) is 23.7 Å². The number of hydrogen-bond acceptors (Lipinski definition) is 4. The fourth-order valence-electron chi connectivity index (χ4n) is 3.58. The number of fused-ring (bicyclic) bond motifs is 5. The van der Waals surface area contributed by atoms with Crippen LogP contribution in [0.4, 0.5) is 0 Å². The second kappa shape index (κ2) is 4.48. The molecule has 0 aromatic rings. The average molecular weight is 250 g/mol. The summed E-state index contributed by atoms with van der Waals surface area (Å²) in [6.45, 7) is 1.54. The minimum absolute atomic E-state index is 0.00708. The maximum Gasteiger partial charge on any atom is 0.233 e. The molecule has 0 aromatic carbocycles. The summed E-state index contributed by atoms with van der Waals surface area (Å²) in [5, 5.41) is 11.6. The standard InChI is InChI=1S/C13H18N2O3/c16-6-4-14-3-5-15-12(17)10-8-1-2-9(7-8)11(10)13(15)18/h1-2,8-11,14,16H,3-7H2/t8-,9-,10-,11-/m0/s1. The third kappa shape index (κ3) is 1.61. The smallest absolute Gasteiger partial charge is 0.233 e. The number of aliphatic hydroxyl groups is 1. The summed E-state index contributed by atoms with van der Waals surface area (Å²) >= 11 is 0. The average Bonchev–Trinajstić information content (AvgIpc) is 3.02. The molecule has 0 radical (unpaired) electrons. The molecule has 18 heavy (non-hydrogen) atoms. The Kier molecular flexibility index (Phi) is 2.95. The molecule has 2 bridgehead atoms. The van der Waals surface area contributed by atoms with Gasteiger partial charge in [0.15, 0.2) is 0 Å². The number of hydrogen-bond donors (Lipinski definition) is 2. The van der Waals surface area contributed by atoms with Gasteiger partial charge >= 0.3 is 0 Å². The monoisotopic (exact) mass is 250 g/mol. The largest absolute Gasteiger partial charge is 0.395 e. The van der Waals surface area contributed by atoms with Gasteiger partial charge in [0.2, 0.25) is 11.8 Å². The van der Waals surface area contributed by atoms with Crippen LogP contribution in [0.1, 0.15) is 6.42 Å². The first-order valence-electron chi connectivity index (χ1n) is 6.59. The van der Waals surface area contributed by atoms with Crippen LogP contribution >= 0.6 is 0 Å². The van der Waals surface area contributed by atoms with Gasteiger partial charge in [-0.3, -0.25) is 14.5 Å². The zero-order chi connectivity index (χ0) is 12.7. The van der Waals surface area contributed by atoms with Crippen molar-refractivity contribution in [1.82, 2.24) is 10.2 Å².